The van der Waals surface area contributed by atoms with E-state index in [-0.39, 0.29) is 23.1 Å². The van der Waals surface area contributed by atoms with Crippen molar-refractivity contribution < 1.29 is 28.2 Å². The first-order chi connectivity index (χ1) is 19.0. The minimum Gasteiger partial charge on any atom is -0.390 e. The van der Waals surface area contributed by atoms with E-state index in [1.165, 1.54) is 12.1 Å². The second kappa shape index (κ2) is 12.0. The molecule has 0 spiro atoms. The van der Waals surface area contributed by atoms with Gasteiger partial charge in [-0.2, -0.15) is 18.3 Å². The Balaban J connectivity index is 1.36. The van der Waals surface area contributed by atoms with Gasteiger partial charge in [0.05, 0.1) is 35.3 Å². The summed E-state index contributed by atoms with van der Waals surface area (Å²) in [7, 11) is 0. The van der Waals surface area contributed by atoms with Gasteiger partial charge in [-0.05, 0) is 44.7 Å². The van der Waals surface area contributed by atoms with Gasteiger partial charge in [0.25, 0.3) is 0 Å². The maximum atomic E-state index is 13.9. The number of thioether (sulfide) groups is 1. The number of benzene rings is 1. The molecule has 0 saturated carbocycles. The van der Waals surface area contributed by atoms with E-state index in [0.29, 0.717) is 69.8 Å². The molecule has 1 unspecified atom stereocenters. The van der Waals surface area contributed by atoms with Gasteiger partial charge in [0.2, 0.25) is 5.91 Å². The van der Waals surface area contributed by atoms with Crippen LogP contribution < -0.4 is 5.32 Å². The number of amides is 1. The Hall–Kier alpha value is -2.12. The quantitative estimate of drug-likeness (QED) is 0.413. The van der Waals surface area contributed by atoms with Gasteiger partial charge in [-0.25, -0.2) is 0 Å². The summed E-state index contributed by atoms with van der Waals surface area (Å²) < 4.78 is 43.4. The average Bonchev–Trinajstić information content (AvgIpc) is 3.57. The van der Waals surface area contributed by atoms with Gasteiger partial charge in [-0.15, -0.1) is 11.8 Å². The number of hydrogen-bond acceptors (Lipinski definition) is 7. The number of aliphatic hydroxyl groups excluding tert-OH is 1. The summed E-state index contributed by atoms with van der Waals surface area (Å²) in [6.07, 6.45) is -1.34. The largest absolute Gasteiger partial charge is 0.417 e. The van der Waals surface area contributed by atoms with E-state index in [9.17, 15) is 28.2 Å². The van der Waals surface area contributed by atoms with Crippen molar-refractivity contribution in [2.45, 2.75) is 74.9 Å². The van der Waals surface area contributed by atoms with E-state index in [4.69, 9.17) is 5.10 Å². The van der Waals surface area contributed by atoms with Gasteiger partial charge < -0.3 is 25.3 Å². The van der Waals surface area contributed by atoms with Crippen LogP contribution in [0.1, 0.15) is 49.4 Å². The van der Waals surface area contributed by atoms with Gasteiger partial charge >= 0.3 is 6.18 Å². The van der Waals surface area contributed by atoms with E-state index in [2.05, 4.69) is 10.2 Å². The molecular formula is C28H38F3N5O3S. The maximum absolute atomic E-state index is 13.9. The first kappa shape index (κ1) is 29.4. The van der Waals surface area contributed by atoms with Crippen LogP contribution in [0.25, 0.3) is 11.3 Å². The standard InChI is InChI=1S/C28H38F3N5O3S/c1-27(39)7-12-34(13-8-27)16-20(37)17-36-23-6-9-32-15-21(23)26(33-36)19-4-5-22(28(29,30)31)24(14-19)40-18-25(38)35-10-2-3-11-35/h4-5,14,20,32,37,39H,2-3,6-13,15-18H2,1H3. The normalized spacial score (nSPS) is 20.5. The monoisotopic (exact) mass is 581 g/mol. The lowest BCUT2D eigenvalue weighted by Crippen LogP contribution is -2.45. The average molecular weight is 582 g/mol. The Bertz CT molecular complexity index is 1200. The lowest BCUT2D eigenvalue weighted by molar-refractivity contribution is -0.139. The van der Waals surface area contributed by atoms with Crippen molar-refractivity contribution in [1.82, 2.24) is 24.9 Å². The molecule has 1 aromatic heterocycles. The molecule has 12 heteroatoms. The molecule has 4 heterocycles. The minimum atomic E-state index is -4.54. The summed E-state index contributed by atoms with van der Waals surface area (Å²) >= 11 is 0.927. The number of fused-ring (bicyclic) bond motifs is 1. The van der Waals surface area contributed by atoms with Gasteiger partial charge in [-0.3, -0.25) is 9.48 Å². The van der Waals surface area contributed by atoms with Crippen molar-refractivity contribution in [2.24, 2.45) is 0 Å². The molecule has 2 fully saturated rings. The van der Waals surface area contributed by atoms with Gasteiger partial charge in [-0.1, -0.05) is 6.07 Å². The summed E-state index contributed by atoms with van der Waals surface area (Å²) in [5, 5.41) is 29.2. The number of carbonyl (C=O) groups excluding carboxylic acids is 1. The summed E-state index contributed by atoms with van der Waals surface area (Å²) in [4.78, 5) is 16.4. The Morgan fingerprint density at radius 3 is 2.60 bits per heavy atom. The van der Waals surface area contributed by atoms with Crippen molar-refractivity contribution in [3.8, 4) is 11.3 Å². The van der Waals surface area contributed by atoms with Crippen molar-refractivity contribution in [2.75, 3.05) is 45.0 Å². The van der Waals surface area contributed by atoms with E-state index in [1.54, 1.807) is 9.58 Å². The van der Waals surface area contributed by atoms with Crippen LogP contribution in [0, 0.1) is 0 Å². The number of halogens is 3. The molecule has 220 valence electrons. The molecule has 3 N–H and O–H groups in total. The molecule has 3 aliphatic rings. The zero-order valence-electron chi connectivity index (χ0n) is 22.8. The number of alkyl halides is 3. The first-order valence-corrected chi connectivity index (χ1v) is 15.0. The van der Waals surface area contributed by atoms with Crippen LogP contribution in [-0.2, 0) is 30.5 Å². The Labute approximate surface area is 236 Å². The van der Waals surface area contributed by atoms with E-state index < -0.39 is 23.4 Å². The molecule has 40 heavy (non-hydrogen) atoms. The predicted molar refractivity (Wildman–Crippen MR) is 147 cm³/mol. The minimum absolute atomic E-state index is 0.0191. The summed E-state index contributed by atoms with van der Waals surface area (Å²) in [6, 6.07) is 4.04. The molecule has 3 aliphatic heterocycles. The molecule has 5 rings (SSSR count). The smallest absolute Gasteiger partial charge is 0.390 e. The van der Waals surface area contributed by atoms with Gasteiger partial charge in [0, 0.05) is 74.0 Å². The van der Waals surface area contributed by atoms with Crippen molar-refractivity contribution in [3.05, 3.63) is 35.0 Å². The summed E-state index contributed by atoms with van der Waals surface area (Å²) in [5.41, 5.74) is 1.66. The highest BCUT2D eigenvalue weighted by Gasteiger charge is 2.35. The van der Waals surface area contributed by atoms with Crippen molar-refractivity contribution >= 4 is 17.7 Å². The fraction of sp³-hybridized carbons (Fsp3) is 0.643. The number of hydrogen-bond donors (Lipinski definition) is 3. The zero-order valence-corrected chi connectivity index (χ0v) is 23.7. The SMILES string of the molecule is CC1(O)CCN(CC(O)Cn2nc(-c3ccc(C(F)(F)F)c(SCC(=O)N4CCCC4)c3)c3c2CCNC3)CC1. The first-order valence-electron chi connectivity index (χ1n) is 14.0. The van der Waals surface area contributed by atoms with Crippen LogP contribution in [0.5, 0.6) is 0 Å². The number of nitrogens with one attached hydrogen (secondary N) is 1. The van der Waals surface area contributed by atoms with Crippen LogP contribution in [0.15, 0.2) is 23.1 Å². The van der Waals surface area contributed by atoms with Crippen molar-refractivity contribution in [3.63, 3.8) is 0 Å². The number of likely N-dealkylation sites (tertiary alicyclic amines) is 2. The highest BCUT2D eigenvalue weighted by molar-refractivity contribution is 8.00. The summed E-state index contributed by atoms with van der Waals surface area (Å²) in [5.74, 6) is -0.183. The third kappa shape index (κ3) is 6.84. The van der Waals surface area contributed by atoms with Crippen LogP contribution in [0.2, 0.25) is 0 Å². The van der Waals surface area contributed by atoms with E-state index in [1.807, 2.05) is 6.92 Å². The highest BCUT2D eigenvalue weighted by Crippen LogP contribution is 2.40. The van der Waals surface area contributed by atoms with Crippen LogP contribution in [-0.4, -0.2) is 92.4 Å². The molecule has 1 aromatic carbocycles. The second-order valence-electron chi connectivity index (χ2n) is 11.4. The second-order valence-corrected chi connectivity index (χ2v) is 12.4. The van der Waals surface area contributed by atoms with Crippen LogP contribution >= 0.6 is 11.8 Å². The molecule has 1 atom stereocenters. The molecule has 0 radical (unpaired) electrons. The number of nitrogens with zero attached hydrogens (tertiary/aromatic N) is 4. The predicted octanol–water partition coefficient (Wildman–Crippen LogP) is 3.14. The number of rotatable bonds is 8. The maximum Gasteiger partial charge on any atom is 0.417 e. The van der Waals surface area contributed by atoms with Gasteiger partial charge in [0.1, 0.15) is 0 Å². The molecule has 0 bridgehead atoms. The number of aromatic nitrogens is 2. The molecule has 2 saturated heterocycles. The number of piperidine rings is 1. The Kier molecular flexibility index (Phi) is 8.82. The third-order valence-electron chi connectivity index (χ3n) is 8.16. The van der Waals surface area contributed by atoms with Crippen molar-refractivity contribution in [1.29, 1.82) is 0 Å². The molecule has 1 amide bonds. The van der Waals surface area contributed by atoms with Crippen LogP contribution in [0.3, 0.4) is 0 Å². The zero-order chi connectivity index (χ0) is 28.5. The molecule has 8 nitrogen and oxygen atoms in total. The molecule has 2 aromatic rings. The fourth-order valence-electron chi connectivity index (χ4n) is 5.80. The van der Waals surface area contributed by atoms with Gasteiger partial charge in [0.15, 0.2) is 0 Å². The lowest BCUT2D eigenvalue weighted by atomic mass is 9.94. The lowest BCUT2D eigenvalue weighted by Gasteiger charge is -2.36. The molecular weight excluding hydrogens is 543 g/mol. The number of aliphatic hydroxyl groups is 2. The fourth-order valence-corrected chi connectivity index (χ4v) is 6.81. The Morgan fingerprint density at radius 2 is 1.90 bits per heavy atom. The number of carbonyl (C=O) groups is 1. The Morgan fingerprint density at radius 1 is 1.18 bits per heavy atom. The number of β-amino-alcohol motifs (C(OH)–C–C–N with tert-alkyl or cyclic N) is 1. The van der Waals surface area contributed by atoms with Crippen LogP contribution in [0.4, 0.5) is 13.2 Å². The summed E-state index contributed by atoms with van der Waals surface area (Å²) in [6.45, 7) is 6.61. The van der Waals surface area contributed by atoms with E-state index in [0.717, 1.165) is 48.5 Å². The third-order valence-corrected chi connectivity index (χ3v) is 9.20. The molecule has 0 aliphatic carbocycles. The topological polar surface area (TPSA) is 93.9 Å². The highest BCUT2D eigenvalue weighted by atomic mass is 32.2. The van der Waals surface area contributed by atoms with E-state index >= 15 is 0 Å².